The predicted octanol–water partition coefficient (Wildman–Crippen LogP) is -7.51. The predicted molar refractivity (Wildman–Crippen MR) is 21.6 cm³/mol. The molecular formula is H9BaClO7. The molecule has 7 nitrogen and oxygen atoms in total. The van der Waals surface area contributed by atoms with Crippen LogP contribution in [0.5, 0.6) is 0 Å². The van der Waals surface area contributed by atoms with Crippen LogP contribution in [0.4, 0.5) is 0 Å². The third-order valence-corrected chi connectivity index (χ3v) is 0. The van der Waals surface area contributed by atoms with Crippen molar-refractivity contribution in [1.82, 2.24) is 0 Å². The first-order valence-corrected chi connectivity index (χ1v) is 1.90. The van der Waals surface area contributed by atoms with Gasteiger partial charge in [0.05, 0.1) is 14.9 Å². The number of hydrogen-bond acceptors (Lipinski definition) is 4. The molecule has 0 saturated heterocycles. The Bertz CT molecular complexity index is 24.4. The molecule has 9 heteroatoms. The summed E-state index contributed by atoms with van der Waals surface area (Å²) in [5.74, 6) is 0. The fourth-order valence-corrected chi connectivity index (χ4v) is 0. The average molecular weight is 294 g/mol. The zero-order valence-corrected chi connectivity index (χ0v) is 4.31. The smallest absolute Gasteiger partial charge is 0.0777 e. The van der Waals surface area contributed by atoms with Crippen LogP contribution in [-0.4, -0.2) is 70.0 Å². The molecule has 0 saturated carbocycles. The van der Waals surface area contributed by atoms with E-state index < -0.39 is 10.2 Å². The van der Waals surface area contributed by atoms with Gasteiger partial charge in [-0.25, -0.2) is 0 Å². The van der Waals surface area contributed by atoms with Crippen LogP contribution in [-0.2, 0) is 0 Å². The van der Waals surface area contributed by atoms with Crippen molar-refractivity contribution in [3.63, 3.8) is 0 Å². The Labute approximate surface area is 93.0 Å². The normalized spacial score (nSPS) is 6.67. The first-order chi connectivity index (χ1) is 2.00. The molecule has 7 N–H and O–H groups in total. The summed E-state index contributed by atoms with van der Waals surface area (Å²) in [6.45, 7) is 0. The summed E-state index contributed by atoms with van der Waals surface area (Å²) in [6, 6.07) is 0. The molecule has 0 aromatic heterocycles. The van der Waals surface area contributed by atoms with E-state index in [0.717, 1.165) is 0 Å². The molecule has 0 aliphatic heterocycles. The van der Waals surface area contributed by atoms with E-state index in [1.54, 1.807) is 0 Å². The third-order valence-electron chi connectivity index (χ3n) is 0. The standard InChI is InChI=1S/Ba.ClHO4.3H2O.2H/c;2-1(3,4)5;;;;;/h;(H,2,3,4,5);3*1H2;;. The van der Waals surface area contributed by atoms with Crippen LogP contribution < -0.4 is 14.0 Å². The molecule has 0 bridgehead atoms. The van der Waals surface area contributed by atoms with Crippen molar-refractivity contribution in [2.24, 2.45) is 0 Å². The molecule has 9 heavy (non-hydrogen) atoms. The van der Waals surface area contributed by atoms with E-state index in [1.807, 2.05) is 0 Å². The summed E-state index contributed by atoms with van der Waals surface area (Å²) in [7, 11) is -4.69. The number of halogens is 1. The summed E-state index contributed by atoms with van der Waals surface area (Å²) in [4.78, 5) is 0. The molecule has 0 fully saturated rings. The number of rotatable bonds is 0. The molecule has 0 aromatic rings. The van der Waals surface area contributed by atoms with E-state index in [1.165, 1.54) is 0 Å². The molecule has 0 rings (SSSR count). The van der Waals surface area contributed by atoms with Crippen LogP contribution in [0, 0.1) is 10.2 Å². The van der Waals surface area contributed by atoms with Gasteiger partial charge in [-0.2, -0.15) is 14.0 Å². The first-order valence-electron chi connectivity index (χ1n) is 0.632. The Balaban J connectivity index is -0.0000000133. The number of hydrogen-bond donors (Lipinski definition) is 1. The van der Waals surface area contributed by atoms with Crippen molar-refractivity contribution >= 4 is 48.9 Å². The van der Waals surface area contributed by atoms with Crippen molar-refractivity contribution in [3.05, 3.63) is 0 Å². The largest absolute Gasteiger partial charge is 0.183 e. The van der Waals surface area contributed by atoms with Crippen molar-refractivity contribution < 1.29 is 45.3 Å². The van der Waals surface area contributed by atoms with Gasteiger partial charge in [-0.05, 0) is 0 Å². The van der Waals surface area contributed by atoms with Crippen molar-refractivity contribution in [2.75, 3.05) is 0 Å². The Morgan fingerprint density at radius 2 is 0.889 bits per heavy atom. The third kappa shape index (κ3) is 220. The molecule has 0 heterocycles. The molecule has 0 radical (unpaired) electrons. The van der Waals surface area contributed by atoms with E-state index >= 15 is 0 Å². The summed E-state index contributed by atoms with van der Waals surface area (Å²) < 4.78 is 32.7. The molecule has 60 valence electrons. The quantitative estimate of drug-likeness (QED) is 0.435. The average Bonchev–Trinajstić information content (AvgIpc) is 0.722. The van der Waals surface area contributed by atoms with E-state index in [-0.39, 0.29) is 65.3 Å². The fraction of sp³-hybridized carbons (Fsp3) is 0. The van der Waals surface area contributed by atoms with Gasteiger partial charge in [-0.3, -0.25) is 0 Å². The second-order valence-electron chi connectivity index (χ2n) is 0.396. The molecule has 0 aliphatic carbocycles. The molecule has 0 spiro atoms. The van der Waals surface area contributed by atoms with Crippen LogP contribution in [0.15, 0.2) is 0 Å². The summed E-state index contributed by atoms with van der Waals surface area (Å²) in [5, 5.41) is 0. The van der Waals surface area contributed by atoms with Crippen molar-refractivity contribution in [3.8, 4) is 0 Å². The van der Waals surface area contributed by atoms with Gasteiger partial charge in [0, 0.05) is 0 Å². The molecule has 0 unspecified atom stereocenters. The van der Waals surface area contributed by atoms with Gasteiger partial charge in [-0.15, -0.1) is 0 Å². The molecule has 0 aliphatic rings. The molecular weight excluding hydrogens is 285 g/mol. The van der Waals surface area contributed by atoms with Crippen molar-refractivity contribution in [1.29, 1.82) is 0 Å². The summed E-state index contributed by atoms with van der Waals surface area (Å²) in [6.07, 6.45) is 0. The minimum atomic E-state index is -4.69. The van der Waals surface area contributed by atoms with Gasteiger partial charge in [0.1, 0.15) is 0 Å². The van der Waals surface area contributed by atoms with Crippen molar-refractivity contribution in [2.45, 2.75) is 0 Å². The van der Waals surface area contributed by atoms with Gasteiger partial charge in [0.25, 0.3) is 0 Å². The zero-order valence-electron chi connectivity index (χ0n) is 3.55. The monoisotopic (exact) mass is 294 g/mol. The van der Waals surface area contributed by atoms with Gasteiger partial charge in [0.2, 0.25) is 0 Å². The molecule has 0 aromatic carbocycles. The van der Waals surface area contributed by atoms with E-state index in [0.29, 0.717) is 0 Å². The Morgan fingerprint density at radius 1 is 0.889 bits per heavy atom. The molecule has 0 amide bonds. The maximum absolute atomic E-state index is 8.60. The second kappa shape index (κ2) is 12.3. The van der Waals surface area contributed by atoms with Crippen LogP contribution in [0.3, 0.4) is 0 Å². The van der Waals surface area contributed by atoms with E-state index in [9.17, 15) is 0 Å². The minimum absolute atomic E-state index is 0. The Hall–Kier alpha value is 1.58. The van der Waals surface area contributed by atoms with Crippen LogP contribution in [0.2, 0.25) is 0 Å². The van der Waals surface area contributed by atoms with E-state index in [2.05, 4.69) is 0 Å². The van der Waals surface area contributed by atoms with Crippen LogP contribution in [0.25, 0.3) is 0 Å². The second-order valence-corrected chi connectivity index (χ2v) is 1.19. The summed E-state index contributed by atoms with van der Waals surface area (Å²) in [5.41, 5.74) is 0. The maximum atomic E-state index is 8.60. The van der Waals surface area contributed by atoms with E-state index in [4.69, 9.17) is 18.6 Å². The zero-order chi connectivity index (χ0) is 4.50. The Kier molecular flexibility index (Phi) is 42.5. The topological polar surface area (TPSA) is 184 Å². The van der Waals surface area contributed by atoms with Gasteiger partial charge in [-0.1, -0.05) is 0 Å². The minimum Gasteiger partial charge on any atom is -0.183 e. The van der Waals surface area contributed by atoms with Crippen LogP contribution in [0.1, 0.15) is 0 Å². The first kappa shape index (κ1) is 31.2. The van der Waals surface area contributed by atoms with Gasteiger partial charge >= 0.3 is 48.9 Å². The molecule has 0 atom stereocenters. The fourth-order valence-electron chi connectivity index (χ4n) is 0. The summed E-state index contributed by atoms with van der Waals surface area (Å²) >= 11 is 0. The van der Waals surface area contributed by atoms with Gasteiger partial charge < -0.3 is 16.4 Å². The Morgan fingerprint density at radius 3 is 0.889 bits per heavy atom. The SMILES string of the molecule is O.O.O.[BaH2].[O-][Cl+3]([O-])([O-])O. The van der Waals surface area contributed by atoms with Gasteiger partial charge in [0.15, 0.2) is 0 Å². The maximum Gasteiger partial charge on any atom is 0.0777 e. The van der Waals surface area contributed by atoms with Crippen LogP contribution >= 0.6 is 0 Å².